The van der Waals surface area contributed by atoms with Crippen LogP contribution in [0.5, 0.6) is 5.75 Å². The number of hydrogen-bond donors (Lipinski definition) is 2. The Morgan fingerprint density at radius 3 is 2.47 bits per heavy atom. The van der Waals surface area contributed by atoms with Gasteiger partial charge in [0.1, 0.15) is 11.8 Å². The Hall–Kier alpha value is -2.13. The van der Waals surface area contributed by atoms with Crippen LogP contribution in [0.2, 0.25) is 5.02 Å². The van der Waals surface area contributed by atoms with Crippen LogP contribution >= 0.6 is 11.6 Å². The molecule has 0 aliphatic carbocycles. The molecule has 0 saturated carbocycles. The number of benzene rings is 2. The zero-order valence-corrected chi connectivity index (χ0v) is 20.2. The fourth-order valence-corrected chi connectivity index (χ4v) is 4.46. The first kappa shape index (κ1) is 26.1. The van der Waals surface area contributed by atoms with Gasteiger partial charge in [-0.2, -0.15) is 4.72 Å². The smallest absolute Gasteiger partial charge is 0.241 e. The minimum absolute atomic E-state index is 0.0397. The molecule has 176 valence electrons. The van der Waals surface area contributed by atoms with E-state index in [1.165, 1.54) is 18.2 Å². The van der Waals surface area contributed by atoms with Gasteiger partial charge in [0, 0.05) is 13.2 Å². The molecule has 0 fully saturated rings. The normalized spacial score (nSPS) is 12.5. The summed E-state index contributed by atoms with van der Waals surface area (Å²) in [6.45, 7) is 6.99. The molecular formula is C23H31ClN2O5S. The van der Waals surface area contributed by atoms with Crippen LogP contribution in [-0.2, 0) is 26.0 Å². The zero-order chi connectivity index (χ0) is 23.6. The second kappa shape index (κ2) is 12.8. The van der Waals surface area contributed by atoms with Gasteiger partial charge < -0.3 is 14.8 Å². The lowest BCUT2D eigenvalue weighted by atomic mass is 10.1. The molecule has 32 heavy (non-hydrogen) atoms. The Morgan fingerprint density at radius 1 is 1.12 bits per heavy atom. The second-order valence-corrected chi connectivity index (χ2v) is 9.57. The first-order chi connectivity index (χ1) is 15.2. The largest absolute Gasteiger partial charge is 0.492 e. The first-order valence-electron chi connectivity index (χ1n) is 10.6. The van der Waals surface area contributed by atoms with Gasteiger partial charge in [-0.3, -0.25) is 4.79 Å². The Balaban J connectivity index is 2.14. The number of hydrogen-bond acceptors (Lipinski definition) is 5. The summed E-state index contributed by atoms with van der Waals surface area (Å²) in [6.07, 6.45) is 0.951. The number of ether oxygens (including phenoxy) is 2. The Morgan fingerprint density at radius 2 is 1.84 bits per heavy atom. The minimum Gasteiger partial charge on any atom is -0.492 e. The summed E-state index contributed by atoms with van der Waals surface area (Å²) in [5.41, 5.74) is 0.836. The molecule has 0 aliphatic heterocycles. The number of rotatable bonds is 13. The van der Waals surface area contributed by atoms with Gasteiger partial charge in [0.25, 0.3) is 0 Å². The Kier molecular flexibility index (Phi) is 10.4. The topological polar surface area (TPSA) is 93.7 Å². The van der Waals surface area contributed by atoms with Crippen LogP contribution in [0.4, 0.5) is 0 Å². The number of nitrogens with one attached hydrogen (secondary N) is 2. The molecule has 0 aromatic heterocycles. The van der Waals surface area contributed by atoms with Crippen molar-refractivity contribution in [2.75, 3.05) is 19.8 Å². The predicted molar refractivity (Wildman–Crippen MR) is 126 cm³/mol. The maximum atomic E-state index is 13.0. The van der Waals surface area contributed by atoms with E-state index in [-0.39, 0.29) is 22.4 Å². The third-order valence-corrected chi connectivity index (χ3v) is 6.25. The molecule has 2 aromatic rings. The van der Waals surface area contributed by atoms with E-state index in [1.54, 1.807) is 0 Å². The lowest BCUT2D eigenvalue weighted by Gasteiger charge is -2.19. The van der Waals surface area contributed by atoms with Gasteiger partial charge in [0.05, 0.1) is 22.6 Å². The van der Waals surface area contributed by atoms with E-state index in [9.17, 15) is 13.2 Å². The van der Waals surface area contributed by atoms with E-state index in [0.29, 0.717) is 31.9 Å². The molecule has 0 bridgehead atoms. The van der Waals surface area contributed by atoms with Crippen molar-refractivity contribution in [3.8, 4) is 5.75 Å². The van der Waals surface area contributed by atoms with E-state index in [0.717, 1.165) is 5.56 Å². The summed E-state index contributed by atoms with van der Waals surface area (Å²) in [7, 11) is -4.00. The fourth-order valence-electron chi connectivity index (χ4n) is 2.94. The van der Waals surface area contributed by atoms with E-state index >= 15 is 0 Å². The van der Waals surface area contributed by atoms with Gasteiger partial charge >= 0.3 is 0 Å². The average molecular weight is 483 g/mol. The molecule has 2 rings (SSSR count). The number of amides is 1. The molecule has 7 nitrogen and oxygen atoms in total. The van der Waals surface area contributed by atoms with Gasteiger partial charge in [-0.1, -0.05) is 41.9 Å². The summed E-state index contributed by atoms with van der Waals surface area (Å²) < 4.78 is 39.4. The lowest BCUT2D eigenvalue weighted by molar-refractivity contribution is -0.122. The molecule has 0 heterocycles. The van der Waals surface area contributed by atoms with Crippen LogP contribution in [-0.4, -0.2) is 46.2 Å². The van der Waals surface area contributed by atoms with Crippen molar-refractivity contribution in [3.63, 3.8) is 0 Å². The van der Waals surface area contributed by atoms with Crippen molar-refractivity contribution in [1.82, 2.24) is 10.0 Å². The van der Waals surface area contributed by atoms with E-state index < -0.39 is 22.0 Å². The van der Waals surface area contributed by atoms with Crippen molar-refractivity contribution in [1.29, 1.82) is 0 Å². The Bertz CT molecular complexity index is 968. The molecule has 9 heteroatoms. The van der Waals surface area contributed by atoms with Gasteiger partial charge in [-0.15, -0.1) is 0 Å². The van der Waals surface area contributed by atoms with Crippen molar-refractivity contribution >= 4 is 27.5 Å². The SMILES string of the molecule is CCOc1ccc(S(=O)(=O)N[C@H](Cc2ccccc2)C(=O)NCCCOC(C)C)cc1Cl. The maximum Gasteiger partial charge on any atom is 0.241 e. The van der Waals surface area contributed by atoms with Crippen LogP contribution in [0, 0.1) is 0 Å². The highest BCUT2D eigenvalue weighted by molar-refractivity contribution is 7.89. The van der Waals surface area contributed by atoms with Gasteiger partial charge in [-0.25, -0.2) is 8.42 Å². The molecule has 0 radical (unpaired) electrons. The predicted octanol–water partition coefficient (Wildman–Crippen LogP) is 3.56. The summed E-state index contributed by atoms with van der Waals surface area (Å²) in [4.78, 5) is 12.8. The summed E-state index contributed by atoms with van der Waals surface area (Å²) in [5.74, 6) is -0.00526. The number of carbonyl (C=O) groups excluding carboxylic acids is 1. The number of carbonyl (C=O) groups is 1. The van der Waals surface area contributed by atoms with E-state index in [4.69, 9.17) is 21.1 Å². The minimum atomic E-state index is -4.00. The fraction of sp³-hybridized carbons (Fsp3) is 0.435. The van der Waals surface area contributed by atoms with Gasteiger partial charge in [0.15, 0.2) is 0 Å². The van der Waals surface area contributed by atoms with Crippen molar-refractivity contribution in [2.45, 2.75) is 50.7 Å². The highest BCUT2D eigenvalue weighted by Gasteiger charge is 2.26. The van der Waals surface area contributed by atoms with Crippen LogP contribution in [0.1, 0.15) is 32.8 Å². The molecular weight excluding hydrogens is 452 g/mol. The first-order valence-corrected chi connectivity index (χ1v) is 12.5. The number of sulfonamides is 1. The van der Waals surface area contributed by atoms with E-state index in [1.807, 2.05) is 51.1 Å². The van der Waals surface area contributed by atoms with Crippen LogP contribution in [0.3, 0.4) is 0 Å². The summed E-state index contributed by atoms with van der Waals surface area (Å²) >= 11 is 6.16. The van der Waals surface area contributed by atoms with Crippen LogP contribution < -0.4 is 14.8 Å². The zero-order valence-electron chi connectivity index (χ0n) is 18.6. The van der Waals surface area contributed by atoms with Gasteiger partial charge in [-0.05, 0) is 57.4 Å². The third-order valence-electron chi connectivity index (χ3n) is 4.48. The highest BCUT2D eigenvalue weighted by Crippen LogP contribution is 2.27. The molecule has 1 atom stereocenters. The van der Waals surface area contributed by atoms with E-state index in [2.05, 4.69) is 10.0 Å². The monoisotopic (exact) mass is 482 g/mol. The molecule has 0 aliphatic rings. The van der Waals surface area contributed by atoms with Gasteiger partial charge in [0.2, 0.25) is 15.9 Å². The standard InChI is InChI=1S/C23H31ClN2O5S/c1-4-30-22-12-11-19(16-20(22)24)32(28,29)26-21(15-18-9-6-5-7-10-18)23(27)25-13-8-14-31-17(2)3/h5-7,9-12,16-17,21,26H,4,8,13-15H2,1-3H3,(H,25,27)/t21-/m1/s1. The second-order valence-electron chi connectivity index (χ2n) is 7.45. The van der Waals surface area contributed by atoms with Crippen molar-refractivity contribution < 1.29 is 22.7 Å². The molecule has 0 saturated heterocycles. The number of halogens is 1. The third kappa shape index (κ3) is 8.43. The van der Waals surface area contributed by atoms with Crippen LogP contribution in [0.15, 0.2) is 53.4 Å². The quantitative estimate of drug-likeness (QED) is 0.426. The summed E-state index contributed by atoms with van der Waals surface area (Å²) in [6, 6.07) is 12.5. The van der Waals surface area contributed by atoms with Crippen molar-refractivity contribution in [2.24, 2.45) is 0 Å². The van der Waals surface area contributed by atoms with Crippen molar-refractivity contribution in [3.05, 3.63) is 59.1 Å². The molecule has 2 aromatic carbocycles. The summed E-state index contributed by atoms with van der Waals surface area (Å²) in [5, 5.41) is 2.98. The maximum absolute atomic E-state index is 13.0. The Labute approximate surface area is 195 Å². The highest BCUT2D eigenvalue weighted by atomic mass is 35.5. The lowest BCUT2D eigenvalue weighted by Crippen LogP contribution is -2.48. The molecule has 2 N–H and O–H groups in total. The van der Waals surface area contributed by atoms with Crippen LogP contribution in [0.25, 0.3) is 0 Å². The molecule has 0 spiro atoms. The average Bonchev–Trinajstić information content (AvgIpc) is 2.74. The molecule has 0 unspecified atom stereocenters. The molecule has 1 amide bonds.